The lowest BCUT2D eigenvalue weighted by Crippen LogP contribution is -2.32. The number of carbonyl (C=O) groups is 1. The second-order valence-corrected chi connectivity index (χ2v) is 11.5. The molecule has 0 atom stereocenters. The van der Waals surface area contributed by atoms with E-state index in [-0.39, 0.29) is 16.3 Å². The zero-order chi connectivity index (χ0) is 22.1. The van der Waals surface area contributed by atoms with Gasteiger partial charge in [0.2, 0.25) is 26.0 Å². The molecular formula is C19H25N5O5S2. The van der Waals surface area contributed by atoms with E-state index >= 15 is 0 Å². The molecular weight excluding hydrogens is 442 g/mol. The second kappa shape index (κ2) is 8.69. The van der Waals surface area contributed by atoms with Crippen molar-refractivity contribution in [3.63, 3.8) is 0 Å². The van der Waals surface area contributed by atoms with Crippen LogP contribution in [-0.2, 0) is 31.4 Å². The van der Waals surface area contributed by atoms with Crippen LogP contribution >= 0.6 is 0 Å². The number of pyridine rings is 1. The van der Waals surface area contributed by atoms with E-state index in [4.69, 9.17) is 0 Å². The molecule has 0 bridgehead atoms. The number of anilines is 1. The Hall–Kier alpha value is -2.28. The van der Waals surface area contributed by atoms with Crippen molar-refractivity contribution in [3.8, 4) is 0 Å². The highest BCUT2D eigenvalue weighted by atomic mass is 32.2. The minimum absolute atomic E-state index is 0.241. The van der Waals surface area contributed by atoms with Gasteiger partial charge in [0.25, 0.3) is 0 Å². The number of nitrogens with one attached hydrogen (secondary N) is 1. The molecule has 0 radical (unpaired) electrons. The lowest BCUT2D eigenvalue weighted by atomic mass is 10.4. The van der Waals surface area contributed by atoms with E-state index in [2.05, 4.69) is 10.3 Å². The van der Waals surface area contributed by atoms with Gasteiger partial charge in [-0.2, -0.15) is 8.61 Å². The summed E-state index contributed by atoms with van der Waals surface area (Å²) in [5.41, 5.74) is 0. The molecule has 1 N–H and O–H groups in total. The van der Waals surface area contributed by atoms with E-state index in [1.807, 2.05) is 0 Å². The van der Waals surface area contributed by atoms with E-state index in [1.165, 1.54) is 31.8 Å². The SMILES string of the molecule is O=C(Cn1cc(S(=O)(=O)N2CCCC2)c(S(=O)(=O)N2CCCC2)c1)Nc1ccccn1. The molecule has 31 heavy (non-hydrogen) atoms. The van der Waals surface area contributed by atoms with Crippen LogP contribution in [0.4, 0.5) is 5.82 Å². The third kappa shape index (κ3) is 4.52. The summed E-state index contributed by atoms with van der Waals surface area (Å²) in [5, 5.41) is 2.62. The Balaban J connectivity index is 1.67. The number of carbonyl (C=O) groups excluding carboxylic acids is 1. The van der Waals surface area contributed by atoms with Gasteiger partial charge in [0.15, 0.2) is 0 Å². The van der Waals surface area contributed by atoms with Crippen LogP contribution in [-0.4, -0.2) is 67.1 Å². The molecule has 1 amide bonds. The topological polar surface area (TPSA) is 122 Å². The standard InChI is InChI=1S/C19H25N5O5S2/c25-19(21-18-7-1-2-8-20-18)15-22-13-16(30(26,27)23-9-3-4-10-23)17(14-22)31(28,29)24-11-5-6-12-24/h1-2,7-8,13-14H,3-6,9-12,15H2,(H,20,21,25). The van der Waals surface area contributed by atoms with Crippen LogP contribution in [0.2, 0.25) is 0 Å². The first-order valence-electron chi connectivity index (χ1n) is 10.2. The fourth-order valence-electron chi connectivity index (χ4n) is 3.86. The maximum absolute atomic E-state index is 13.2. The maximum atomic E-state index is 13.2. The van der Waals surface area contributed by atoms with Gasteiger partial charge in [0.1, 0.15) is 22.2 Å². The molecule has 0 saturated carbocycles. The van der Waals surface area contributed by atoms with E-state index in [0.29, 0.717) is 32.0 Å². The van der Waals surface area contributed by atoms with Crippen molar-refractivity contribution in [3.05, 3.63) is 36.8 Å². The highest BCUT2D eigenvalue weighted by Crippen LogP contribution is 2.31. The minimum Gasteiger partial charge on any atom is -0.342 e. The number of aromatic nitrogens is 2. The van der Waals surface area contributed by atoms with Crippen molar-refractivity contribution >= 4 is 31.8 Å². The smallest absolute Gasteiger partial charge is 0.245 e. The normalized spacial score (nSPS) is 18.5. The van der Waals surface area contributed by atoms with Gasteiger partial charge >= 0.3 is 0 Å². The van der Waals surface area contributed by atoms with Crippen molar-refractivity contribution < 1.29 is 21.6 Å². The first-order chi connectivity index (χ1) is 14.8. The lowest BCUT2D eigenvalue weighted by Gasteiger charge is -2.18. The van der Waals surface area contributed by atoms with E-state index in [0.717, 1.165) is 25.7 Å². The highest BCUT2D eigenvalue weighted by molar-refractivity contribution is 7.92. The third-order valence-electron chi connectivity index (χ3n) is 5.43. The number of rotatable bonds is 7. The number of hydrogen-bond donors (Lipinski definition) is 1. The molecule has 2 aromatic rings. The molecule has 4 rings (SSSR count). The van der Waals surface area contributed by atoms with E-state index in [9.17, 15) is 21.6 Å². The molecule has 10 nitrogen and oxygen atoms in total. The van der Waals surface area contributed by atoms with Gasteiger partial charge in [-0.3, -0.25) is 4.79 Å². The second-order valence-electron chi connectivity index (χ2n) is 7.64. The maximum Gasteiger partial charge on any atom is 0.245 e. The first-order valence-corrected chi connectivity index (χ1v) is 13.1. The Bertz CT molecular complexity index is 1090. The van der Waals surface area contributed by atoms with Gasteiger partial charge in [0, 0.05) is 44.8 Å². The molecule has 12 heteroatoms. The molecule has 2 aliphatic rings. The number of sulfonamides is 2. The predicted molar refractivity (Wildman–Crippen MR) is 113 cm³/mol. The van der Waals surface area contributed by atoms with Gasteiger partial charge in [-0.25, -0.2) is 21.8 Å². The van der Waals surface area contributed by atoms with Crippen LogP contribution in [0.3, 0.4) is 0 Å². The monoisotopic (exact) mass is 467 g/mol. The summed E-state index contributed by atoms with van der Waals surface area (Å²) < 4.78 is 56.8. The fraction of sp³-hybridized carbons (Fsp3) is 0.474. The fourth-order valence-corrected chi connectivity index (χ4v) is 7.68. The molecule has 2 saturated heterocycles. The molecule has 168 valence electrons. The van der Waals surface area contributed by atoms with Crippen LogP contribution in [0.1, 0.15) is 25.7 Å². The Morgan fingerprint density at radius 2 is 1.39 bits per heavy atom. The highest BCUT2D eigenvalue weighted by Gasteiger charge is 2.38. The Kier molecular flexibility index (Phi) is 6.15. The lowest BCUT2D eigenvalue weighted by molar-refractivity contribution is -0.116. The molecule has 0 aliphatic carbocycles. The summed E-state index contributed by atoms with van der Waals surface area (Å²) in [6, 6.07) is 5.06. The molecule has 2 aliphatic heterocycles. The van der Waals surface area contributed by atoms with Crippen molar-refractivity contribution in [2.75, 3.05) is 31.5 Å². The van der Waals surface area contributed by atoms with Crippen molar-refractivity contribution in [2.24, 2.45) is 0 Å². The summed E-state index contributed by atoms with van der Waals surface area (Å²) >= 11 is 0. The molecule has 0 aromatic carbocycles. The van der Waals surface area contributed by atoms with Gasteiger partial charge in [-0.05, 0) is 37.8 Å². The zero-order valence-electron chi connectivity index (χ0n) is 17.0. The summed E-state index contributed by atoms with van der Waals surface area (Å²) in [6.07, 6.45) is 6.97. The Labute approximate surface area is 182 Å². The zero-order valence-corrected chi connectivity index (χ0v) is 18.6. The van der Waals surface area contributed by atoms with Crippen molar-refractivity contribution in [2.45, 2.75) is 42.0 Å². The Morgan fingerprint density at radius 1 is 0.871 bits per heavy atom. The average molecular weight is 468 g/mol. The summed E-state index contributed by atoms with van der Waals surface area (Å²) in [5.74, 6) is -0.0848. The predicted octanol–water partition coefficient (Wildman–Crippen LogP) is 1.09. The average Bonchev–Trinajstić information content (AvgIpc) is 3.49. The van der Waals surface area contributed by atoms with Crippen LogP contribution in [0.25, 0.3) is 0 Å². The van der Waals surface area contributed by atoms with Gasteiger partial charge < -0.3 is 9.88 Å². The van der Waals surface area contributed by atoms with Gasteiger partial charge in [-0.15, -0.1) is 0 Å². The van der Waals surface area contributed by atoms with Crippen LogP contribution < -0.4 is 5.32 Å². The summed E-state index contributed by atoms with van der Waals surface area (Å²) in [7, 11) is -7.99. The van der Waals surface area contributed by atoms with Crippen LogP contribution in [0.15, 0.2) is 46.6 Å². The summed E-state index contributed by atoms with van der Waals surface area (Å²) in [6.45, 7) is 1.19. The van der Waals surface area contributed by atoms with Crippen LogP contribution in [0, 0.1) is 0 Å². The molecule has 0 unspecified atom stereocenters. The number of hydrogen-bond acceptors (Lipinski definition) is 6. The minimum atomic E-state index is -3.99. The van der Waals surface area contributed by atoms with Crippen molar-refractivity contribution in [1.82, 2.24) is 18.2 Å². The molecule has 2 fully saturated rings. The van der Waals surface area contributed by atoms with Gasteiger partial charge in [-0.1, -0.05) is 6.07 Å². The third-order valence-corrected chi connectivity index (χ3v) is 9.41. The Morgan fingerprint density at radius 3 is 1.84 bits per heavy atom. The van der Waals surface area contributed by atoms with E-state index in [1.54, 1.807) is 18.2 Å². The largest absolute Gasteiger partial charge is 0.342 e. The molecule has 2 aromatic heterocycles. The first kappa shape index (κ1) is 21.9. The number of amides is 1. The molecule has 0 spiro atoms. The van der Waals surface area contributed by atoms with Crippen LogP contribution in [0.5, 0.6) is 0 Å². The quantitative estimate of drug-likeness (QED) is 0.651. The van der Waals surface area contributed by atoms with Gasteiger partial charge in [0.05, 0.1) is 0 Å². The summed E-state index contributed by atoms with van der Waals surface area (Å²) in [4.78, 5) is 15.9. The number of nitrogens with zero attached hydrogens (tertiary/aromatic N) is 4. The molecule has 4 heterocycles. The van der Waals surface area contributed by atoms with E-state index < -0.39 is 26.0 Å². The van der Waals surface area contributed by atoms with Crippen molar-refractivity contribution in [1.29, 1.82) is 0 Å².